The fourth-order valence-electron chi connectivity index (χ4n) is 2.52. The van der Waals surface area contributed by atoms with Crippen molar-refractivity contribution in [2.75, 3.05) is 26.8 Å². The predicted octanol–water partition coefficient (Wildman–Crippen LogP) is 2.34. The van der Waals surface area contributed by atoms with Crippen LogP contribution in [0.4, 0.5) is 0 Å². The molecule has 2 rings (SSSR count). The molecular formula is C20H26N2O4S. The molecule has 27 heavy (non-hydrogen) atoms. The van der Waals surface area contributed by atoms with E-state index < -0.39 is 10.0 Å². The summed E-state index contributed by atoms with van der Waals surface area (Å²) in [5.74, 6) is -0.335. The summed E-state index contributed by atoms with van der Waals surface area (Å²) in [5, 5.41) is 2.74. The summed E-state index contributed by atoms with van der Waals surface area (Å²) in [6.07, 6.45) is 0.672. The van der Waals surface area contributed by atoms with Gasteiger partial charge in [0, 0.05) is 26.8 Å². The van der Waals surface area contributed by atoms with Gasteiger partial charge in [0.15, 0.2) is 0 Å². The summed E-state index contributed by atoms with van der Waals surface area (Å²) >= 11 is 0. The topological polar surface area (TPSA) is 75.7 Å². The van der Waals surface area contributed by atoms with Crippen LogP contribution in [0.1, 0.15) is 17.5 Å². The Kier molecular flexibility index (Phi) is 7.97. The Morgan fingerprint density at radius 1 is 1.07 bits per heavy atom. The van der Waals surface area contributed by atoms with Crippen molar-refractivity contribution in [3.05, 3.63) is 65.7 Å². The summed E-state index contributed by atoms with van der Waals surface area (Å²) in [6, 6.07) is 15.8. The van der Waals surface area contributed by atoms with Crippen LogP contribution in [-0.2, 0) is 26.1 Å². The van der Waals surface area contributed by atoms with E-state index in [1.165, 1.54) is 16.4 Å². The number of carbonyl (C=O) groups is 1. The zero-order chi connectivity index (χ0) is 19.7. The van der Waals surface area contributed by atoms with Gasteiger partial charge in [0.1, 0.15) is 0 Å². The Hall–Kier alpha value is -2.22. The smallest absolute Gasteiger partial charge is 0.243 e. The van der Waals surface area contributed by atoms with Gasteiger partial charge in [-0.1, -0.05) is 48.0 Å². The first-order valence-electron chi connectivity index (χ1n) is 8.80. The number of hydrogen-bond donors (Lipinski definition) is 1. The number of sulfonamides is 1. The first-order valence-corrected chi connectivity index (χ1v) is 10.2. The van der Waals surface area contributed by atoms with Gasteiger partial charge in [0.25, 0.3) is 0 Å². The lowest BCUT2D eigenvalue weighted by molar-refractivity contribution is -0.121. The minimum Gasteiger partial charge on any atom is -0.385 e. The third-order valence-electron chi connectivity index (χ3n) is 4.03. The molecule has 146 valence electrons. The summed E-state index contributed by atoms with van der Waals surface area (Å²) in [5.41, 5.74) is 1.92. The Morgan fingerprint density at radius 2 is 1.74 bits per heavy atom. The van der Waals surface area contributed by atoms with Crippen molar-refractivity contribution >= 4 is 15.9 Å². The number of aryl methyl sites for hydroxylation is 1. The lowest BCUT2D eigenvalue weighted by atomic mass is 10.1. The molecule has 6 nitrogen and oxygen atoms in total. The maximum absolute atomic E-state index is 13.0. The van der Waals surface area contributed by atoms with Crippen LogP contribution in [0.5, 0.6) is 0 Å². The van der Waals surface area contributed by atoms with Crippen LogP contribution in [0, 0.1) is 6.92 Å². The monoisotopic (exact) mass is 390 g/mol. The zero-order valence-corrected chi connectivity index (χ0v) is 16.5. The van der Waals surface area contributed by atoms with Crippen LogP contribution in [0.25, 0.3) is 0 Å². The van der Waals surface area contributed by atoms with Gasteiger partial charge in [0.2, 0.25) is 15.9 Å². The van der Waals surface area contributed by atoms with Crippen LogP contribution >= 0.6 is 0 Å². The number of methoxy groups -OCH3 is 1. The molecule has 0 atom stereocenters. The molecule has 1 amide bonds. The second-order valence-corrected chi connectivity index (χ2v) is 8.21. The van der Waals surface area contributed by atoms with Crippen LogP contribution in [0.15, 0.2) is 59.5 Å². The number of ether oxygens (including phenoxy) is 1. The molecule has 0 aromatic heterocycles. The van der Waals surface area contributed by atoms with Crippen molar-refractivity contribution in [2.45, 2.75) is 24.8 Å². The van der Waals surface area contributed by atoms with E-state index in [2.05, 4.69) is 5.32 Å². The average Bonchev–Trinajstić information content (AvgIpc) is 2.67. The first-order chi connectivity index (χ1) is 12.9. The van der Waals surface area contributed by atoms with Crippen LogP contribution < -0.4 is 5.32 Å². The Bertz CT molecular complexity index is 821. The number of nitrogens with zero attached hydrogens (tertiary/aromatic N) is 1. The van der Waals surface area contributed by atoms with Gasteiger partial charge in [-0.05, 0) is 31.0 Å². The molecule has 7 heteroatoms. The van der Waals surface area contributed by atoms with Crippen molar-refractivity contribution in [1.82, 2.24) is 9.62 Å². The Balaban J connectivity index is 2.17. The van der Waals surface area contributed by atoms with Crippen molar-refractivity contribution in [2.24, 2.45) is 0 Å². The molecule has 0 saturated carbocycles. The lowest BCUT2D eigenvalue weighted by Crippen LogP contribution is -2.40. The maximum Gasteiger partial charge on any atom is 0.243 e. The number of rotatable bonds is 10. The molecule has 0 fully saturated rings. The molecule has 0 aliphatic rings. The molecule has 0 bridgehead atoms. The Labute approximate surface area is 161 Å². The first kappa shape index (κ1) is 21.1. The van der Waals surface area contributed by atoms with Crippen LogP contribution in [0.2, 0.25) is 0 Å². The highest BCUT2D eigenvalue weighted by Gasteiger charge is 2.26. The van der Waals surface area contributed by atoms with E-state index in [0.717, 1.165) is 11.1 Å². The third kappa shape index (κ3) is 6.46. The molecule has 0 saturated heterocycles. The lowest BCUT2D eigenvalue weighted by Gasteiger charge is -2.22. The number of nitrogens with one attached hydrogen (secondary N) is 1. The molecule has 0 spiro atoms. The van der Waals surface area contributed by atoms with E-state index in [4.69, 9.17) is 4.74 Å². The van der Waals surface area contributed by atoms with Gasteiger partial charge in [0.05, 0.1) is 11.4 Å². The average molecular weight is 391 g/mol. The van der Waals surface area contributed by atoms with Gasteiger partial charge in [-0.25, -0.2) is 8.42 Å². The molecule has 0 heterocycles. The SMILES string of the molecule is COCCCNC(=O)CN(Cc1ccc(C)cc1)S(=O)(=O)c1ccccc1. The van der Waals surface area contributed by atoms with E-state index in [1.54, 1.807) is 25.3 Å². The fourth-order valence-corrected chi connectivity index (χ4v) is 3.93. The summed E-state index contributed by atoms with van der Waals surface area (Å²) < 4.78 is 32.2. The molecule has 1 N–H and O–H groups in total. The highest BCUT2D eigenvalue weighted by molar-refractivity contribution is 7.89. The summed E-state index contributed by atoms with van der Waals surface area (Å²) in [4.78, 5) is 12.5. The molecule has 0 aliphatic carbocycles. The van der Waals surface area contributed by atoms with Gasteiger partial charge in [-0.3, -0.25) is 4.79 Å². The second-order valence-electron chi connectivity index (χ2n) is 6.27. The van der Waals surface area contributed by atoms with Gasteiger partial charge < -0.3 is 10.1 Å². The fraction of sp³-hybridized carbons (Fsp3) is 0.350. The number of carbonyl (C=O) groups excluding carboxylic acids is 1. The third-order valence-corrected chi connectivity index (χ3v) is 5.83. The quantitative estimate of drug-likeness (QED) is 0.632. The predicted molar refractivity (Wildman–Crippen MR) is 105 cm³/mol. The molecule has 0 radical (unpaired) electrons. The van der Waals surface area contributed by atoms with Crippen molar-refractivity contribution < 1.29 is 17.9 Å². The zero-order valence-electron chi connectivity index (χ0n) is 15.7. The molecule has 2 aromatic rings. The second kappa shape index (κ2) is 10.2. The highest BCUT2D eigenvalue weighted by atomic mass is 32.2. The van der Waals surface area contributed by atoms with E-state index in [0.29, 0.717) is 19.6 Å². The highest BCUT2D eigenvalue weighted by Crippen LogP contribution is 2.18. The minimum atomic E-state index is -3.79. The van der Waals surface area contributed by atoms with Gasteiger partial charge >= 0.3 is 0 Å². The molecule has 0 aliphatic heterocycles. The van der Waals surface area contributed by atoms with Crippen molar-refractivity contribution in [3.8, 4) is 0 Å². The van der Waals surface area contributed by atoms with Crippen LogP contribution in [-0.4, -0.2) is 45.4 Å². The van der Waals surface area contributed by atoms with Crippen LogP contribution in [0.3, 0.4) is 0 Å². The van der Waals surface area contributed by atoms with E-state index in [1.807, 2.05) is 31.2 Å². The molecule has 0 unspecified atom stereocenters. The molecular weight excluding hydrogens is 364 g/mol. The van der Waals surface area contributed by atoms with Gasteiger partial charge in [-0.2, -0.15) is 4.31 Å². The van der Waals surface area contributed by atoms with E-state index in [-0.39, 0.29) is 23.9 Å². The normalized spacial score (nSPS) is 11.5. The molecule has 2 aromatic carbocycles. The largest absolute Gasteiger partial charge is 0.385 e. The number of benzene rings is 2. The van der Waals surface area contributed by atoms with Crippen molar-refractivity contribution in [1.29, 1.82) is 0 Å². The minimum absolute atomic E-state index is 0.128. The standard InChI is InChI=1S/C20H26N2O4S/c1-17-9-11-18(12-10-17)15-22(16-20(23)21-13-6-14-26-2)27(24,25)19-7-4-3-5-8-19/h3-5,7-12H,6,13-16H2,1-2H3,(H,21,23). The number of amides is 1. The summed E-state index contributed by atoms with van der Waals surface area (Å²) in [6.45, 7) is 2.84. The summed E-state index contributed by atoms with van der Waals surface area (Å²) in [7, 11) is -2.20. The van der Waals surface area contributed by atoms with E-state index in [9.17, 15) is 13.2 Å². The number of hydrogen-bond acceptors (Lipinski definition) is 4. The van der Waals surface area contributed by atoms with Gasteiger partial charge in [-0.15, -0.1) is 0 Å². The Morgan fingerprint density at radius 3 is 2.37 bits per heavy atom. The van der Waals surface area contributed by atoms with E-state index >= 15 is 0 Å². The maximum atomic E-state index is 13.0. The van der Waals surface area contributed by atoms with Crippen molar-refractivity contribution in [3.63, 3.8) is 0 Å².